The zero-order valence-electron chi connectivity index (χ0n) is 13.8. The topological polar surface area (TPSA) is 68.2 Å². The molecule has 0 atom stereocenters. The number of anilines is 1. The summed E-state index contributed by atoms with van der Waals surface area (Å²) >= 11 is 0. The molecule has 0 saturated carbocycles. The van der Waals surface area contributed by atoms with Gasteiger partial charge in [-0.3, -0.25) is 9.67 Å². The highest BCUT2D eigenvalue weighted by Gasteiger charge is 2.08. The van der Waals surface area contributed by atoms with Gasteiger partial charge in [-0.05, 0) is 51.3 Å². The fourth-order valence-corrected chi connectivity index (χ4v) is 2.46. The molecule has 0 fully saturated rings. The minimum Gasteiger partial charge on any atom is -0.370 e. The lowest BCUT2D eigenvalue weighted by Crippen LogP contribution is -2.22. The molecule has 0 saturated heterocycles. The molecule has 1 heterocycles. The van der Waals surface area contributed by atoms with Crippen LogP contribution < -0.4 is 11.1 Å². The van der Waals surface area contributed by atoms with Crippen molar-refractivity contribution in [2.75, 3.05) is 11.9 Å². The number of hydrogen-bond acceptors (Lipinski definition) is 2. The predicted octanol–water partition coefficient (Wildman–Crippen LogP) is 2.70. The molecule has 1 aromatic carbocycles. The molecule has 0 radical (unpaired) electrons. The third-order valence-corrected chi connectivity index (χ3v) is 3.85. The Labute approximate surface area is 132 Å². The van der Waals surface area contributed by atoms with E-state index in [1.165, 1.54) is 16.8 Å². The standard InChI is InChI=1S/C17H25N5/c1-12-7-9-15(10-8-12)20-17(18)19-11-5-6-16-13(2)21-22(4)14(16)3/h7-10H,5-6,11H2,1-4H3,(H3,18,19,20). The minimum atomic E-state index is 0.462. The minimum absolute atomic E-state index is 0.462. The van der Waals surface area contributed by atoms with Crippen LogP contribution in [0, 0.1) is 20.8 Å². The second-order valence-corrected chi connectivity index (χ2v) is 5.63. The van der Waals surface area contributed by atoms with Crippen molar-refractivity contribution < 1.29 is 0 Å². The molecule has 5 nitrogen and oxygen atoms in total. The van der Waals surface area contributed by atoms with E-state index >= 15 is 0 Å². The first-order chi connectivity index (χ1) is 10.5. The van der Waals surface area contributed by atoms with E-state index in [1.54, 1.807) is 0 Å². The molecular formula is C17H25N5. The lowest BCUT2D eigenvalue weighted by molar-refractivity contribution is 0.728. The van der Waals surface area contributed by atoms with Crippen molar-refractivity contribution in [2.24, 2.45) is 17.8 Å². The fraction of sp³-hybridized carbons (Fsp3) is 0.412. The van der Waals surface area contributed by atoms with Crippen molar-refractivity contribution in [3.63, 3.8) is 0 Å². The van der Waals surface area contributed by atoms with Gasteiger partial charge in [-0.1, -0.05) is 17.7 Å². The summed E-state index contributed by atoms with van der Waals surface area (Å²) < 4.78 is 1.93. The Balaban J connectivity index is 1.83. The van der Waals surface area contributed by atoms with Gasteiger partial charge in [0.15, 0.2) is 5.96 Å². The van der Waals surface area contributed by atoms with Gasteiger partial charge in [0, 0.05) is 25.0 Å². The molecule has 0 spiro atoms. The van der Waals surface area contributed by atoms with E-state index in [0.717, 1.165) is 24.2 Å². The second kappa shape index (κ2) is 7.11. The van der Waals surface area contributed by atoms with Crippen molar-refractivity contribution in [1.82, 2.24) is 9.78 Å². The number of nitrogens with two attached hydrogens (primary N) is 1. The Morgan fingerprint density at radius 2 is 1.91 bits per heavy atom. The molecule has 0 aliphatic rings. The van der Waals surface area contributed by atoms with Crippen LogP contribution in [0.2, 0.25) is 0 Å². The molecule has 0 unspecified atom stereocenters. The number of nitrogens with zero attached hydrogens (tertiary/aromatic N) is 3. The van der Waals surface area contributed by atoms with E-state index in [0.29, 0.717) is 12.5 Å². The van der Waals surface area contributed by atoms with Crippen LogP contribution in [0.15, 0.2) is 29.3 Å². The summed E-state index contributed by atoms with van der Waals surface area (Å²) in [6.07, 6.45) is 1.94. The third kappa shape index (κ3) is 4.10. The first-order valence-corrected chi connectivity index (χ1v) is 7.60. The summed E-state index contributed by atoms with van der Waals surface area (Å²) in [5.74, 6) is 0.462. The quantitative estimate of drug-likeness (QED) is 0.507. The molecular weight excluding hydrogens is 274 g/mol. The highest BCUT2D eigenvalue weighted by Crippen LogP contribution is 2.14. The summed E-state index contributed by atoms with van der Waals surface area (Å²) in [6.45, 7) is 6.92. The highest BCUT2D eigenvalue weighted by atomic mass is 15.3. The third-order valence-electron chi connectivity index (χ3n) is 3.85. The summed E-state index contributed by atoms with van der Waals surface area (Å²) in [4.78, 5) is 4.38. The molecule has 0 aliphatic carbocycles. The van der Waals surface area contributed by atoms with Crippen LogP contribution in [-0.2, 0) is 13.5 Å². The first-order valence-electron chi connectivity index (χ1n) is 7.60. The second-order valence-electron chi connectivity index (χ2n) is 5.63. The Morgan fingerprint density at radius 1 is 1.23 bits per heavy atom. The summed E-state index contributed by atoms with van der Waals surface area (Å²) in [5, 5.41) is 7.54. The Morgan fingerprint density at radius 3 is 2.50 bits per heavy atom. The maximum Gasteiger partial charge on any atom is 0.193 e. The van der Waals surface area contributed by atoms with Gasteiger partial charge in [0.1, 0.15) is 0 Å². The molecule has 0 aliphatic heterocycles. The maximum atomic E-state index is 5.91. The average Bonchev–Trinajstić information content (AvgIpc) is 2.72. The van der Waals surface area contributed by atoms with Crippen LogP contribution in [0.3, 0.4) is 0 Å². The summed E-state index contributed by atoms with van der Waals surface area (Å²) in [6, 6.07) is 8.09. The highest BCUT2D eigenvalue weighted by molar-refractivity contribution is 5.92. The van der Waals surface area contributed by atoms with Gasteiger partial charge in [-0.15, -0.1) is 0 Å². The zero-order chi connectivity index (χ0) is 16.1. The smallest absolute Gasteiger partial charge is 0.193 e. The van der Waals surface area contributed by atoms with Gasteiger partial charge >= 0.3 is 0 Å². The van der Waals surface area contributed by atoms with Crippen molar-refractivity contribution in [1.29, 1.82) is 0 Å². The average molecular weight is 299 g/mol. The van der Waals surface area contributed by atoms with Crippen LogP contribution in [0.5, 0.6) is 0 Å². The first kappa shape index (κ1) is 16.1. The van der Waals surface area contributed by atoms with Crippen LogP contribution in [-0.4, -0.2) is 22.3 Å². The van der Waals surface area contributed by atoms with Gasteiger partial charge in [0.2, 0.25) is 0 Å². The largest absolute Gasteiger partial charge is 0.370 e. The van der Waals surface area contributed by atoms with E-state index in [1.807, 2.05) is 36.0 Å². The molecule has 0 bridgehead atoms. The molecule has 2 aromatic rings. The molecule has 22 heavy (non-hydrogen) atoms. The summed E-state index contributed by atoms with van der Waals surface area (Å²) in [5.41, 5.74) is 11.8. The number of aliphatic imine (C=N–C) groups is 1. The van der Waals surface area contributed by atoms with Crippen LogP contribution in [0.25, 0.3) is 0 Å². The van der Waals surface area contributed by atoms with Gasteiger partial charge in [-0.25, -0.2) is 0 Å². The van der Waals surface area contributed by atoms with Crippen LogP contribution >= 0.6 is 0 Å². The maximum absolute atomic E-state index is 5.91. The number of aromatic nitrogens is 2. The number of benzene rings is 1. The lowest BCUT2D eigenvalue weighted by atomic mass is 10.1. The van der Waals surface area contributed by atoms with Crippen molar-refractivity contribution in [2.45, 2.75) is 33.6 Å². The fourth-order valence-electron chi connectivity index (χ4n) is 2.46. The molecule has 1 aromatic heterocycles. The van der Waals surface area contributed by atoms with Crippen LogP contribution in [0.1, 0.15) is 28.9 Å². The number of guanidine groups is 1. The van der Waals surface area contributed by atoms with Crippen molar-refractivity contribution in [3.05, 3.63) is 46.8 Å². The number of hydrogen-bond donors (Lipinski definition) is 2. The number of nitrogens with one attached hydrogen (secondary N) is 1. The van der Waals surface area contributed by atoms with E-state index < -0.39 is 0 Å². The molecule has 3 N–H and O–H groups in total. The molecule has 0 amide bonds. The van der Waals surface area contributed by atoms with Gasteiger partial charge < -0.3 is 11.1 Å². The van der Waals surface area contributed by atoms with Gasteiger partial charge in [0.05, 0.1) is 5.69 Å². The van der Waals surface area contributed by atoms with Gasteiger partial charge in [-0.2, -0.15) is 5.10 Å². The Hall–Kier alpha value is -2.30. The van der Waals surface area contributed by atoms with E-state index in [2.05, 4.69) is 36.2 Å². The van der Waals surface area contributed by atoms with E-state index in [-0.39, 0.29) is 0 Å². The SMILES string of the molecule is Cc1ccc(NC(N)=NCCCc2c(C)nn(C)c2C)cc1. The van der Waals surface area contributed by atoms with Crippen molar-refractivity contribution in [3.8, 4) is 0 Å². The van der Waals surface area contributed by atoms with Gasteiger partial charge in [0.25, 0.3) is 0 Å². The van der Waals surface area contributed by atoms with E-state index in [4.69, 9.17) is 5.73 Å². The Kier molecular flexibility index (Phi) is 5.20. The summed E-state index contributed by atoms with van der Waals surface area (Å²) in [7, 11) is 1.98. The zero-order valence-corrected chi connectivity index (χ0v) is 13.8. The predicted molar refractivity (Wildman–Crippen MR) is 92.3 cm³/mol. The monoisotopic (exact) mass is 299 g/mol. The van der Waals surface area contributed by atoms with Crippen molar-refractivity contribution >= 4 is 11.6 Å². The number of aryl methyl sites for hydroxylation is 3. The lowest BCUT2D eigenvalue weighted by Gasteiger charge is -2.06. The molecule has 2 rings (SSSR count). The molecule has 118 valence electrons. The normalized spacial score (nSPS) is 11.7. The Bertz CT molecular complexity index is 652. The number of rotatable bonds is 5. The van der Waals surface area contributed by atoms with Crippen LogP contribution in [0.4, 0.5) is 5.69 Å². The van der Waals surface area contributed by atoms with E-state index in [9.17, 15) is 0 Å². The molecule has 5 heteroatoms.